The number of ether oxygens (including phenoxy) is 3. The van der Waals surface area contributed by atoms with Crippen molar-refractivity contribution in [2.45, 2.75) is 13.0 Å². The van der Waals surface area contributed by atoms with Crippen molar-refractivity contribution in [2.24, 2.45) is 0 Å². The Morgan fingerprint density at radius 2 is 2.00 bits per heavy atom. The Morgan fingerprint density at radius 1 is 1.24 bits per heavy atom. The number of nitrogens with zero attached hydrogens (tertiary/aromatic N) is 1. The summed E-state index contributed by atoms with van der Waals surface area (Å²) in [6.07, 6.45) is -0.636. The summed E-state index contributed by atoms with van der Waals surface area (Å²) < 4.78 is 21.6. The number of benzene rings is 1. The second-order valence-corrected chi connectivity index (χ2v) is 6.13. The van der Waals surface area contributed by atoms with E-state index in [9.17, 15) is 9.90 Å². The minimum atomic E-state index is -0.636. The lowest BCUT2D eigenvalue weighted by Crippen LogP contribution is -2.42. The number of β-amino-alcohol motifs (C(OH)–C–C–N with tert-alkyl or cyclic N) is 1. The van der Waals surface area contributed by atoms with Crippen LogP contribution in [0, 0.1) is 6.92 Å². The van der Waals surface area contributed by atoms with Crippen LogP contribution in [-0.2, 0) is 4.74 Å². The van der Waals surface area contributed by atoms with Crippen molar-refractivity contribution >= 4 is 11.0 Å². The van der Waals surface area contributed by atoms with Crippen LogP contribution >= 0.6 is 0 Å². The minimum absolute atomic E-state index is 0.120. The zero-order chi connectivity index (χ0) is 17.8. The molecule has 1 fully saturated rings. The third-order valence-electron chi connectivity index (χ3n) is 4.24. The Labute approximate surface area is 145 Å². The van der Waals surface area contributed by atoms with Crippen LogP contribution in [0.25, 0.3) is 11.0 Å². The molecule has 2 aromatic rings. The molecule has 1 saturated heterocycles. The fraction of sp³-hybridized carbons (Fsp3) is 0.500. The number of rotatable bonds is 6. The lowest BCUT2D eigenvalue weighted by atomic mass is 10.1. The number of aliphatic hydroxyl groups is 1. The van der Waals surface area contributed by atoms with Crippen LogP contribution in [0.2, 0.25) is 0 Å². The molecule has 1 aromatic heterocycles. The first-order chi connectivity index (χ1) is 12.1. The Kier molecular flexibility index (Phi) is 5.57. The maximum absolute atomic E-state index is 11.6. The van der Waals surface area contributed by atoms with Crippen LogP contribution in [0.15, 0.2) is 27.4 Å². The molecule has 7 heteroatoms. The monoisotopic (exact) mass is 349 g/mol. The van der Waals surface area contributed by atoms with Crippen molar-refractivity contribution in [3.8, 4) is 11.5 Å². The molecular weight excluding hydrogens is 326 g/mol. The predicted octanol–water partition coefficient (Wildman–Crippen LogP) is 1.18. The van der Waals surface area contributed by atoms with E-state index in [0.717, 1.165) is 24.0 Å². The van der Waals surface area contributed by atoms with Gasteiger partial charge < -0.3 is 23.7 Å². The highest BCUT2D eigenvalue weighted by atomic mass is 16.5. The van der Waals surface area contributed by atoms with Crippen molar-refractivity contribution in [2.75, 3.05) is 46.6 Å². The van der Waals surface area contributed by atoms with Crippen LogP contribution in [0.3, 0.4) is 0 Å². The van der Waals surface area contributed by atoms with Gasteiger partial charge in [0.2, 0.25) is 0 Å². The van der Waals surface area contributed by atoms with Crippen molar-refractivity contribution in [3.63, 3.8) is 0 Å². The van der Waals surface area contributed by atoms with E-state index in [2.05, 4.69) is 4.90 Å². The van der Waals surface area contributed by atoms with Gasteiger partial charge in [0, 0.05) is 37.2 Å². The van der Waals surface area contributed by atoms with E-state index >= 15 is 0 Å². The van der Waals surface area contributed by atoms with Crippen LogP contribution in [0.4, 0.5) is 0 Å². The molecule has 0 saturated carbocycles. The van der Waals surface area contributed by atoms with Crippen molar-refractivity contribution in [1.29, 1.82) is 0 Å². The molecule has 7 nitrogen and oxygen atoms in total. The summed E-state index contributed by atoms with van der Waals surface area (Å²) in [4.78, 5) is 13.7. The van der Waals surface area contributed by atoms with E-state index in [1.54, 1.807) is 19.2 Å². The van der Waals surface area contributed by atoms with Crippen molar-refractivity contribution in [1.82, 2.24) is 4.90 Å². The van der Waals surface area contributed by atoms with Crippen LogP contribution in [-0.4, -0.2) is 62.7 Å². The van der Waals surface area contributed by atoms with E-state index in [1.807, 2.05) is 6.92 Å². The number of hydrogen-bond donors (Lipinski definition) is 1. The fourth-order valence-corrected chi connectivity index (χ4v) is 2.92. The van der Waals surface area contributed by atoms with Crippen LogP contribution in [0.5, 0.6) is 11.5 Å². The molecule has 0 aliphatic carbocycles. The largest absolute Gasteiger partial charge is 0.493 e. The first-order valence-electron chi connectivity index (χ1n) is 8.30. The number of aliphatic hydroxyl groups excluding tert-OH is 1. The lowest BCUT2D eigenvalue weighted by Gasteiger charge is -2.28. The quantitative estimate of drug-likeness (QED) is 0.784. The molecular formula is C18H23NO6. The highest BCUT2D eigenvalue weighted by Gasteiger charge is 2.17. The molecule has 1 N–H and O–H groups in total. The zero-order valence-electron chi connectivity index (χ0n) is 14.5. The number of fused-ring (bicyclic) bond motifs is 1. The van der Waals surface area contributed by atoms with Crippen molar-refractivity contribution in [3.05, 3.63) is 34.2 Å². The molecule has 3 rings (SSSR count). The maximum atomic E-state index is 11.6. The van der Waals surface area contributed by atoms with Gasteiger partial charge in [-0.2, -0.15) is 0 Å². The van der Waals surface area contributed by atoms with Gasteiger partial charge in [0.25, 0.3) is 0 Å². The molecule has 0 bridgehead atoms. The normalized spacial score (nSPS) is 16.8. The molecule has 136 valence electrons. The summed E-state index contributed by atoms with van der Waals surface area (Å²) >= 11 is 0. The molecule has 1 aromatic carbocycles. The Morgan fingerprint density at radius 3 is 2.72 bits per heavy atom. The van der Waals surface area contributed by atoms with E-state index in [1.165, 1.54) is 6.07 Å². The molecule has 0 amide bonds. The van der Waals surface area contributed by atoms with Crippen LogP contribution < -0.4 is 15.1 Å². The van der Waals surface area contributed by atoms with E-state index < -0.39 is 11.7 Å². The molecule has 25 heavy (non-hydrogen) atoms. The third kappa shape index (κ3) is 4.31. The van der Waals surface area contributed by atoms with Gasteiger partial charge in [0.15, 0.2) is 11.5 Å². The van der Waals surface area contributed by atoms with Crippen molar-refractivity contribution < 1.29 is 23.7 Å². The molecule has 0 unspecified atom stereocenters. The Balaban J connectivity index is 1.72. The van der Waals surface area contributed by atoms with Gasteiger partial charge in [-0.05, 0) is 18.6 Å². The highest BCUT2D eigenvalue weighted by molar-refractivity contribution is 5.83. The standard InChI is InChI=1S/C18H23NO6/c1-12-7-18(21)25-15-9-17(16(22-2)8-14(12)15)24-11-13(20)10-19-3-5-23-6-4-19/h7-9,13,20H,3-6,10-11H2,1-2H3/t13-/m1/s1. The summed E-state index contributed by atoms with van der Waals surface area (Å²) in [5.41, 5.74) is 0.834. The van der Waals surface area contributed by atoms with Gasteiger partial charge >= 0.3 is 5.63 Å². The summed E-state index contributed by atoms with van der Waals surface area (Å²) in [5, 5.41) is 11.0. The number of methoxy groups -OCH3 is 1. The smallest absolute Gasteiger partial charge is 0.336 e. The van der Waals surface area contributed by atoms with Gasteiger partial charge in [0.05, 0.1) is 20.3 Å². The van der Waals surface area contributed by atoms with Gasteiger partial charge in [-0.1, -0.05) is 0 Å². The molecule has 1 aliphatic rings. The summed E-state index contributed by atoms with van der Waals surface area (Å²) in [7, 11) is 1.55. The Hall–Kier alpha value is -2.09. The topological polar surface area (TPSA) is 81.4 Å². The first-order valence-corrected chi connectivity index (χ1v) is 8.30. The summed E-state index contributed by atoms with van der Waals surface area (Å²) in [6.45, 7) is 5.46. The highest BCUT2D eigenvalue weighted by Crippen LogP contribution is 2.33. The van der Waals surface area contributed by atoms with Crippen LogP contribution in [0.1, 0.15) is 5.56 Å². The number of morpholine rings is 1. The minimum Gasteiger partial charge on any atom is -0.493 e. The summed E-state index contributed by atoms with van der Waals surface area (Å²) in [6, 6.07) is 4.84. The van der Waals surface area contributed by atoms with E-state index in [0.29, 0.717) is 36.8 Å². The fourth-order valence-electron chi connectivity index (χ4n) is 2.92. The predicted molar refractivity (Wildman–Crippen MR) is 92.5 cm³/mol. The van der Waals surface area contributed by atoms with Gasteiger partial charge in [-0.3, -0.25) is 4.90 Å². The second kappa shape index (κ2) is 7.86. The molecule has 0 spiro atoms. The average molecular weight is 349 g/mol. The van der Waals surface area contributed by atoms with Gasteiger partial charge in [-0.25, -0.2) is 4.79 Å². The molecule has 1 atom stereocenters. The van der Waals surface area contributed by atoms with Gasteiger partial charge in [-0.15, -0.1) is 0 Å². The molecule has 0 radical (unpaired) electrons. The second-order valence-electron chi connectivity index (χ2n) is 6.13. The third-order valence-corrected chi connectivity index (χ3v) is 4.24. The average Bonchev–Trinajstić information content (AvgIpc) is 2.60. The molecule has 1 aliphatic heterocycles. The zero-order valence-corrected chi connectivity index (χ0v) is 14.5. The summed E-state index contributed by atoms with van der Waals surface area (Å²) in [5.74, 6) is 0.966. The first kappa shape index (κ1) is 17.7. The number of hydrogen-bond acceptors (Lipinski definition) is 7. The SMILES string of the molecule is COc1cc2c(C)cc(=O)oc2cc1OC[C@H](O)CN1CCOCC1. The van der Waals surface area contributed by atoms with E-state index in [-0.39, 0.29) is 6.61 Å². The molecule has 2 heterocycles. The number of aryl methyl sites for hydroxylation is 1. The van der Waals surface area contributed by atoms with E-state index in [4.69, 9.17) is 18.6 Å². The Bertz CT molecular complexity index is 781. The lowest BCUT2D eigenvalue weighted by molar-refractivity contribution is 0.00446. The van der Waals surface area contributed by atoms with Gasteiger partial charge in [0.1, 0.15) is 18.3 Å². The maximum Gasteiger partial charge on any atom is 0.336 e.